The summed E-state index contributed by atoms with van der Waals surface area (Å²) < 4.78 is 17.9. The van der Waals surface area contributed by atoms with Crippen molar-refractivity contribution in [3.8, 4) is 22.6 Å². The van der Waals surface area contributed by atoms with Crippen molar-refractivity contribution in [2.24, 2.45) is 0 Å². The molecule has 2 heterocycles. The van der Waals surface area contributed by atoms with Gasteiger partial charge in [0.15, 0.2) is 0 Å². The Morgan fingerprint density at radius 2 is 1.71 bits per heavy atom. The van der Waals surface area contributed by atoms with Gasteiger partial charge in [-0.25, -0.2) is 4.79 Å². The van der Waals surface area contributed by atoms with E-state index in [9.17, 15) is 9.59 Å². The van der Waals surface area contributed by atoms with Crippen molar-refractivity contribution in [2.75, 3.05) is 52.6 Å². The molecule has 0 radical (unpaired) electrons. The van der Waals surface area contributed by atoms with E-state index in [0.29, 0.717) is 56.9 Å². The van der Waals surface area contributed by atoms with Gasteiger partial charge in [0.1, 0.15) is 15.8 Å². The fraction of sp³-hybridized carbons (Fsp3) is 0.303. The standard InChI is InChI=1S/C33H32Cl2N2O6S2/c34-25-6-9-28(35)27(21-25)23-5-10-29(43-16-1-11-36-13-17-41-18-14-36)24(19-23)20-30-31(38)37(33(44)45-30)12-2-15-42-26-7-3-22(4-8-26)32(39)40/h3-10,19-21H,1-2,11-18H2,(H,39,40). The molecule has 2 aliphatic rings. The minimum Gasteiger partial charge on any atom is -0.494 e. The van der Waals surface area contributed by atoms with Gasteiger partial charge in [0.05, 0.1) is 36.9 Å². The van der Waals surface area contributed by atoms with Crippen LogP contribution < -0.4 is 9.47 Å². The van der Waals surface area contributed by atoms with Crippen molar-refractivity contribution in [2.45, 2.75) is 12.8 Å². The molecule has 0 atom stereocenters. The lowest BCUT2D eigenvalue weighted by Crippen LogP contribution is -2.37. The van der Waals surface area contributed by atoms with E-state index in [0.717, 1.165) is 56.0 Å². The summed E-state index contributed by atoms with van der Waals surface area (Å²) in [6.45, 7) is 5.53. The Hall–Kier alpha value is -3.12. The number of amides is 1. The normalized spacial score (nSPS) is 16.4. The van der Waals surface area contributed by atoms with Crippen LogP contribution in [0, 0.1) is 0 Å². The Balaban J connectivity index is 1.27. The van der Waals surface area contributed by atoms with Crippen molar-refractivity contribution in [3.63, 3.8) is 0 Å². The van der Waals surface area contributed by atoms with Crippen LogP contribution in [0.2, 0.25) is 10.0 Å². The highest BCUT2D eigenvalue weighted by Gasteiger charge is 2.32. The Bertz CT molecular complexity index is 1580. The quantitative estimate of drug-likeness (QED) is 0.115. The van der Waals surface area contributed by atoms with E-state index in [1.165, 1.54) is 23.9 Å². The van der Waals surface area contributed by atoms with Gasteiger partial charge in [0.25, 0.3) is 5.91 Å². The lowest BCUT2D eigenvalue weighted by molar-refractivity contribution is -0.122. The van der Waals surface area contributed by atoms with Gasteiger partial charge in [-0.3, -0.25) is 14.6 Å². The molecule has 0 spiro atoms. The number of aromatic carboxylic acids is 1. The molecule has 3 aromatic rings. The van der Waals surface area contributed by atoms with E-state index in [2.05, 4.69) is 4.90 Å². The topological polar surface area (TPSA) is 88.5 Å². The van der Waals surface area contributed by atoms with E-state index in [1.54, 1.807) is 29.2 Å². The number of carboxylic acid groups (broad SMARTS) is 1. The summed E-state index contributed by atoms with van der Waals surface area (Å²) in [6, 6.07) is 17.3. The van der Waals surface area contributed by atoms with E-state index in [-0.39, 0.29) is 11.5 Å². The second-order valence-corrected chi connectivity index (χ2v) is 12.9. The lowest BCUT2D eigenvalue weighted by atomic mass is 10.0. The number of thioether (sulfide) groups is 1. The van der Waals surface area contributed by atoms with Crippen LogP contribution in [-0.2, 0) is 9.53 Å². The van der Waals surface area contributed by atoms with Gasteiger partial charge in [-0.1, -0.05) is 53.2 Å². The van der Waals surface area contributed by atoms with E-state index in [4.69, 9.17) is 54.7 Å². The number of halogens is 2. The molecule has 0 aliphatic carbocycles. The zero-order valence-electron chi connectivity index (χ0n) is 24.4. The van der Waals surface area contributed by atoms with Crippen molar-refractivity contribution in [1.29, 1.82) is 0 Å². The van der Waals surface area contributed by atoms with Gasteiger partial charge in [0, 0.05) is 47.4 Å². The van der Waals surface area contributed by atoms with Gasteiger partial charge in [-0.15, -0.1) is 0 Å². The Morgan fingerprint density at radius 3 is 2.47 bits per heavy atom. The number of hydrogen-bond acceptors (Lipinski definition) is 8. The molecule has 1 amide bonds. The summed E-state index contributed by atoms with van der Waals surface area (Å²) in [7, 11) is 0. The third-order valence-corrected chi connectivity index (χ3v) is 9.23. The highest BCUT2D eigenvalue weighted by molar-refractivity contribution is 8.26. The lowest BCUT2D eigenvalue weighted by Gasteiger charge is -2.26. The third kappa shape index (κ3) is 9.00. The maximum Gasteiger partial charge on any atom is 0.335 e. The van der Waals surface area contributed by atoms with Crippen LogP contribution in [0.3, 0.4) is 0 Å². The number of carboxylic acids is 1. The van der Waals surface area contributed by atoms with E-state index in [1.807, 2.05) is 30.3 Å². The number of morpholine rings is 1. The number of rotatable bonds is 13. The molecule has 12 heteroatoms. The highest BCUT2D eigenvalue weighted by atomic mass is 35.5. The maximum absolute atomic E-state index is 13.4. The van der Waals surface area contributed by atoms with Gasteiger partial charge < -0.3 is 19.3 Å². The van der Waals surface area contributed by atoms with Crippen LogP contribution >= 0.6 is 47.2 Å². The Labute approximate surface area is 281 Å². The van der Waals surface area contributed by atoms with Crippen LogP contribution in [0.25, 0.3) is 17.2 Å². The summed E-state index contributed by atoms with van der Waals surface area (Å²) in [4.78, 5) is 28.9. The summed E-state index contributed by atoms with van der Waals surface area (Å²) in [5.41, 5.74) is 2.55. The van der Waals surface area contributed by atoms with Gasteiger partial charge in [0.2, 0.25) is 0 Å². The van der Waals surface area contributed by atoms with Crippen molar-refractivity contribution < 1.29 is 28.9 Å². The fourth-order valence-electron chi connectivity index (χ4n) is 4.91. The molecule has 1 N–H and O–H groups in total. The number of ether oxygens (including phenoxy) is 3. The molecular formula is C33H32Cl2N2O6S2. The van der Waals surface area contributed by atoms with E-state index < -0.39 is 5.97 Å². The van der Waals surface area contributed by atoms with Crippen molar-refractivity contribution in [1.82, 2.24) is 9.80 Å². The molecule has 0 saturated carbocycles. The molecule has 2 fully saturated rings. The number of carbonyl (C=O) groups is 2. The van der Waals surface area contributed by atoms with Crippen LogP contribution in [0.4, 0.5) is 0 Å². The predicted molar refractivity (Wildman–Crippen MR) is 183 cm³/mol. The molecule has 8 nitrogen and oxygen atoms in total. The second kappa shape index (κ2) is 15.9. The van der Waals surface area contributed by atoms with Crippen LogP contribution in [0.1, 0.15) is 28.8 Å². The summed E-state index contributed by atoms with van der Waals surface area (Å²) in [5.74, 6) is 0.0422. The first-order chi connectivity index (χ1) is 21.8. The summed E-state index contributed by atoms with van der Waals surface area (Å²) in [5, 5.41) is 10.2. The van der Waals surface area contributed by atoms with Crippen molar-refractivity contribution >= 4 is 69.5 Å². The Morgan fingerprint density at radius 1 is 0.978 bits per heavy atom. The van der Waals surface area contributed by atoms with Crippen LogP contribution in [-0.4, -0.2) is 83.7 Å². The highest BCUT2D eigenvalue weighted by Crippen LogP contribution is 2.37. The average molecular weight is 688 g/mol. The monoisotopic (exact) mass is 686 g/mol. The minimum atomic E-state index is -0.994. The molecule has 2 aliphatic heterocycles. The number of thiocarbonyl (C=S) groups is 1. The first-order valence-corrected chi connectivity index (χ1v) is 16.5. The van der Waals surface area contributed by atoms with Gasteiger partial charge in [-0.2, -0.15) is 0 Å². The third-order valence-electron chi connectivity index (χ3n) is 7.29. The number of benzene rings is 3. The average Bonchev–Trinajstić information content (AvgIpc) is 3.31. The maximum atomic E-state index is 13.4. The van der Waals surface area contributed by atoms with Gasteiger partial charge >= 0.3 is 5.97 Å². The van der Waals surface area contributed by atoms with Crippen LogP contribution in [0.15, 0.2) is 65.6 Å². The first kappa shape index (κ1) is 33.2. The molecule has 2 saturated heterocycles. The molecule has 45 heavy (non-hydrogen) atoms. The van der Waals surface area contributed by atoms with E-state index >= 15 is 0 Å². The molecule has 236 valence electrons. The smallest absolute Gasteiger partial charge is 0.335 e. The number of carbonyl (C=O) groups excluding carboxylic acids is 1. The minimum absolute atomic E-state index is 0.180. The van der Waals surface area contributed by atoms with Crippen LogP contribution in [0.5, 0.6) is 11.5 Å². The molecule has 0 aromatic heterocycles. The second-order valence-electron chi connectivity index (χ2n) is 10.4. The SMILES string of the molecule is O=C(O)c1ccc(OCCCN2C(=O)C(=Cc3cc(-c4cc(Cl)ccc4Cl)ccc3OCCCN3CCOCC3)SC2=S)cc1. The fourth-order valence-corrected chi connectivity index (χ4v) is 6.61. The molecule has 3 aromatic carbocycles. The first-order valence-electron chi connectivity index (χ1n) is 14.5. The predicted octanol–water partition coefficient (Wildman–Crippen LogP) is 7.13. The zero-order chi connectivity index (χ0) is 31.8. The molecular weight excluding hydrogens is 655 g/mol. The molecule has 0 bridgehead atoms. The Kier molecular flexibility index (Phi) is 11.8. The number of nitrogens with zero attached hydrogens (tertiary/aromatic N) is 2. The summed E-state index contributed by atoms with van der Waals surface area (Å²) in [6.07, 6.45) is 3.22. The van der Waals surface area contributed by atoms with Crippen molar-refractivity contribution in [3.05, 3.63) is 86.7 Å². The largest absolute Gasteiger partial charge is 0.494 e. The number of hydrogen-bond donors (Lipinski definition) is 1. The zero-order valence-corrected chi connectivity index (χ0v) is 27.5. The van der Waals surface area contributed by atoms with Gasteiger partial charge in [-0.05, 0) is 79.1 Å². The molecule has 0 unspecified atom stereocenters. The summed E-state index contributed by atoms with van der Waals surface area (Å²) >= 11 is 19.6. The molecule has 5 rings (SSSR count).